The van der Waals surface area contributed by atoms with Crippen molar-refractivity contribution in [2.45, 2.75) is 50.7 Å². The zero-order valence-electron chi connectivity index (χ0n) is 11.8. The van der Waals surface area contributed by atoms with E-state index in [0.29, 0.717) is 19.4 Å². The van der Waals surface area contributed by atoms with Crippen molar-refractivity contribution in [2.75, 3.05) is 19.8 Å². The Bertz CT molecular complexity index is 323. The number of rotatable bonds is 8. The fraction of sp³-hybridized carbons (Fsp3) is 0.923. The number of halogens is 3. The van der Waals surface area contributed by atoms with E-state index >= 15 is 0 Å². The topological polar surface area (TPSA) is 64.3 Å². The van der Waals surface area contributed by atoms with Crippen molar-refractivity contribution in [3.8, 4) is 0 Å². The van der Waals surface area contributed by atoms with Crippen molar-refractivity contribution in [1.82, 2.24) is 5.32 Å². The van der Waals surface area contributed by atoms with Crippen LogP contribution in [-0.4, -0.2) is 37.4 Å². The molecular weight excluding hydrogens is 273 g/mol. The highest BCUT2D eigenvalue weighted by Gasteiger charge is 2.46. The summed E-state index contributed by atoms with van der Waals surface area (Å²) in [5, 5.41) is 3.20. The predicted molar refractivity (Wildman–Crippen MR) is 69.1 cm³/mol. The van der Waals surface area contributed by atoms with Crippen molar-refractivity contribution < 1.29 is 22.7 Å². The van der Waals surface area contributed by atoms with Crippen molar-refractivity contribution in [2.24, 2.45) is 11.7 Å². The van der Waals surface area contributed by atoms with Gasteiger partial charge in [-0.25, -0.2) is 0 Å². The lowest BCUT2D eigenvalue weighted by Crippen LogP contribution is -2.58. The second kappa shape index (κ2) is 7.26. The molecule has 2 atom stereocenters. The highest BCUT2D eigenvalue weighted by atomic mass is 19.4. The fourth-order valence-electron chi connectivity index (χ4n) is 2.87. The fourth-order valence-corrected chi connectivity index (χ4v) is 2.87. The molecule has 3 N–H and O–H groups in total. The normalized spacial score (nSPS) is 26.9. The molecule has 1 saturated carbocycles. The smallest absolute Gasteiger partial charge is 0.372 e. The van der Waals surface area contributed by atoms with Gasteiger partial charge in [-0.05, 0) is 38.1 Å². The Hall–Kier alpha value is -0.820. The van der Waals surface area contributed by atoms with Crippen LogP contribution in [0.15, 0.2) is 0 Å². The van der Waals surface area contributed by atoms with E-state index < -0.39 is 24.2 Å². The van der Waals surface area contributed by atoms with Gasteiger partial charge in [-0.1, -0.05) is 13.3 Å². The van der Waals surface area contributed by atoms with Gasteiger partial charge in [0.15, 0.2) is 0 Å². The minimum Gasteiger partial charge on any atom is -0.372 e. The number of primary amides is 1. The molecule has 0 aromatic rings. The number of amides is 1. The molecule has 2 unspecified atom stereocenters. The highest BCUT2D eigenvalue weighted by Crippen LogP contribution is 2.38. The first kappa shape index (κ1) is 17.2. The Labute approximate surface area is 117 Å². The third-order valence-corrected chi connectivity index (χ3v) is 3.83. The van der Waals surface area contributed by atoms with Gasteiger partial charge >= 0.3 is 6.18 Å². The second-order valence-corrected chi connectivity index (χ2v) is 5.31. The summed E-state index contributed by atoms with van der Waals surface area (Å²) >= 11 is 0. The summed E-state index contributed by atoms with van der Waals surface area (Å²) in [5.41, 5.74) is 4.73. The van der Waals surface area contributed by atoms with Crippen LogP contribution >= 0.6 is 0 Å². The number of nitrogens with one attached hydrogen (secondary N) is 1. The molecule has 1 amide bonds. The van der Waals surface area contributed by atoms with Gasteiger partial charge in [0.1, 0.15) is 12.1 Å². The molecule has 0 bridgehead atoms. The van der Waals surface area contributed by atoms with Crippen LogP contribution < -0.4 is 11.1 Å². The molecule has 0 radical (unpaired) electrons. The lowest BCUT2D eigenvalue weighted by molar-refractivity contribution is -0.175. The molecule has 0 aliphatic heterocycles. The Morgan fingerprint density at radius 3 is 2.75 bits per heavy atom. The number of ether oxygens (including phenoxy) is 1. The molecule has 4 nitrogen and oxygen atoms in total. The minimum atomic E-state index is -4.31. The monoisotopic (exact) mass is 296 g/mol. The number of alkyl halides is 3. The molecule has 0 spiro atoms. The quantitative estimate of drug-likeness (QED) is 0.673. The summed E-state index contributed by atoms with van der Waals surface area (Å²) in [6, 6.07) is 0. The number of hydrogen-bond acceptors (Lipinski definition) is 3. The van der Waals surface area contributed by atoms with Crippen LogP contribution in [-0.2, 0) is 9.53 Å². The Balaban J connectivity index is 2.51. The van der Waals surface area contributed by atoms with Crippen LogP contribution in [0.2, 0.25) is 0 Å². The average Bonchev–Trinajstić information content (AvgIpc) is 2.75. The average molecular weight is 296 g/mol. The lowest BCUT2D eigenvalue weighted by Gasteiger charge is -2.33. The zero-order chi connectivity index (χ0) is 15.2. The maximum Gasteiger partial charge on any atom is 0.411 e. The molecule has 0 heterocycles. The first-order valence-electron chi connectivity index (χ1n) is 7.01. The summed E-state index contributed by atoms with van der Waals surface area (Å²) in [6.07, 6.45) is -0.746. The van der Waals surface area contributed by atoms with E-state index in [1.54, 1.807) is 0 Å². The van der Waals surface area contributed by atoms with E-state index in [9.17, 15) is 18.0 Å². The van der Waals surface area contributed by atoms with Crippen LogP contribution in [0.5, 0.6) is 0 Å². The van der Waals surface area contributed by atoms with Crippen LogP contribution in [0.25, 0.3) is 0 Å². The van der Waals surface area contributed by atoms with Gasteiger partial charge in [0.25, 0.3) is 0 Å². The maximum atomic E-state index is 12.0. The molecule has 1 fully saturated rings. The standard InChI is InChI=1S/C13H23F3N2O2/c1-2-7-18-12(11(17)19)6-3-4-10(12)5-8-20-9-13(14,15)16/h10,18H,2-9H2,1H3,(H2,17,19). The van der Waals surface area contributed by atoms with E-state index in [1.165, 1.54) is 0 Å². The zero-order valence-corrected chi connectivity index (χ0v) is 11.8. The molecular formula is C13H23F3N2O2. The number of carbonyl (C=O) groups is 1. The van der Waals surface area contributed by atoms with Gasteiger partial charge in [-0.2, -0.15) is 13.2 Å². The Kier molecular flexibility index (Phi) is 6.26. The molecule has 20 heavy (non-hydrogen) atoms. The lowest BCUT2D eigenvalue weighted by atomic mass is 9.84. The van der Waals surface area contributed by atoms with Crippen LogP contribution in [0.3, 0.4) is 0 Å². The van der Waals surface area contributed by atoms with Crippen molar-refractivity contribution in [3.63, 3.8) is 0 Å². The van der Waals surface area contributed by atoms with Gasteiger partial charge < -0.3 is 15.8 Å². The van der Waals surface area contributed by atoms with Crippen molar-refractivity contribution in [3.05, 3.63) is 0 Å². The largest absolute Gasteiger partial charge is 0.411 e. The minimum absolute atomic E-state index is 0.00693. The maximum absolute atomic E-state index is 12.0. The van der Waals surface area contributed by atoms with Crippen LogP contribution in [0.4, 0.5) is 13.2 Å². The van der Waals surface area contributed by atoms with Crippen LogP contribution in [0.1, 0.15) is 39.0 Å². The van der Waals surface area contributed by atoms with E-state index in [4.69, 9.17) is 5.73 Å². The third kappa shape index (κ3) is 4.63. The van der Waals surface area contributed by atoms with Gasteiger partial charge in [-0.3, -0.25) is 4.79 Å². The first-order valence-corrected chi connectivity index (χ1v) is 7.01. The van der Waals surface area contributed by atoms with Gasteiger partial charge in [0, 0.05) is 6.61 Å². The van der Waals surface area contributed by atoms with Gasteiger partial charge in [-0.15, -0.1) is 0 Å². The highest BCUT2D eigenvalue weighted by molar-refractivity contribution is 5.85. The van der Waals surface area contributed by atoms with E-state index in [0.717, 1.165) is 19.3 Å². The molecule has 1 aliphatic rings. The summed E-state index contributed by atoms with van der Waals surface area (Å²) in [6.45, 7) is 1.40. The molecule has 1 aliphatic carbocycles. The number of nitrogens with two attached hydrogens (primary N) is 1. The summed E-state index contributed by atoms with van der Waals surface area (Å²) in [7, 11) is 0. The number of carbonyl (C=O) groups excluding carboxylic acids is 1. The van der Waals surface area contributed by atoms with Crippen LogP contribution in [0, 0.1) is 5.92 Å². The Morgan fingerprint density at radius 2 is 2.20 bits per heavy atom. The van der Waals surface area contributed by atoms with Gasteiger partial charge in [0.05, 0.1) is 0 Å². The SMILES string of the molecule is CCCNC1(C(N)=O)CCCC1CCOCC(F)(F)F. The second-order valence-electron chi connectivity index (χ2n) is 5.31. The molecule has 0 saturated heterocycles. The van der Waals surface area contributed by atoms with E-state index in [2.05, 4.69) is 10.1 Å². The molecule has 1 rings (SSSR count). The van der Waals surface area contributed by atoms with Crippen molar-refractivity contribution in [1.29, 1.82) is 0 Å². The summed E-state index contributed by atoms with van der Waals surface area (Å²) < 4.78 is 40.6. The number of hydrogen-bond donors (Lipinski definition) is 2. The molecule has 0 aromatic carbocycles. The summed E-state index contributed by atoms with van der Waals surface area (Å²) in [5.74, 6) is -0.468. The third-order valence-electron chi connectivity index (χ3n) is 3.83. The Morgan fingerprint density at radius 1 is 1.50 bits per heavy atom. The molecule has 0 aromatic heterocycles. The van der Waals surface area contributed by atoms with Gasteiger partial charge in [0.2, 0.25) is 5.91 Å². The molecule has 7 heteroatoms. The van der Waals surface area contributed by atoms with E-state index in [1.807, 2.05) is 6.92 Å². The van der Waals surface area contributed by atoms with E-state index in [-0.39, 0.29) is 12.5 Å². The predicted octanol–water partition coefficient (Wildman–Crippen LogP) is 1.98. The summed E-state index contributed by atoms with van der Waals surface area (Å²) in [4.78, 5) is 11.8. The molecule has 118 valence electrons. The first-order chi connectivity index (χ1) is 9.32. The van der Waals surface area contributed by atoms with Crippen molar-refractivity contribution >= 4 is 5.91 Å².